The van der Waals surface area contributed by atoms with Crippen molar-refractivity contribution in [2.45, 2.75) is 18.3 Å². The van der Waals surface area contributed by atoms with Gasteiger partial charge in [-0.25, -0.2) is 4.68 Å². The van der Waals surface area contributed by atoms with Crippen LogP contribution in [-0.4, -0.2) is 37.8 Å². The molecule has 0 saturated carbocycles. The summed E-state index contributed by atoms with van der Waals surface area (Å²) in [6.07, 6.45) is -0.533. The Balaban J connectivity index is 1.23. The van der Waals surface area contributed by atoms with Crippen LogP contribution >= 0.6 is 11.8 Å². The summed E-state index contributed by atoms with van der Waals surface area (Å²) in [7, 11) is 1.77. The Bertz CT molecular complexity index is 1390. The Morgan fingerprint density at radius 1 is 1.12 bits per heavy atom. The Hall–Kier alpha value is -3.99. The standard InChI is InChI=1S/C23H21N5O5S/c1-14-20(22(30)28(27(14)2)15-8-4-3-5-9-15)24-19(29)13-34-23-26-25-21(33-23)18-12-31-16-10-6-7-11-17(16)32-18/h3-11,18H,12-13H2,1-2H3,(H,24,29). The molecule has 1 atom stereocenters. The Kier molecular flexibility index (Phi) is 5.84. The normalized spacial score (nSPS) is 14.7. The maximum Gasteiger partial charge on any atom is 0.295 e. The van der Waals surface area contributed by atoms with Crippen molar-refractivity contribution in [2.75, 3.05) is 17.7 Å². The van der Waals surface area contributed by atoms with Gasteiger partial charge in [-0.2, -0.15) is 0 Å². The first kappa shape index (κ1) is 21.8. The average Bonchev–Trinajstić information content (AvgIpc) is 3.42. The molecule has 1 amide bonds. The fourth-order valence-corrected chi connectivity index (χ4v) is 4.13. The van der Waals surface area contributed by atoms with Crippen LogP contribution in [0.2, 0.25) is 0 Å². The first-order valence-electron chi connectivity index (χ1n) is 10.5. The lowest BCUT2D eigenvalue weighted by atomic mass is 10.2. The smallest absolute Gasteiger partial charge is 0.295 e. The summed E-state index contributed by atoms with van der Waals surface area (Å²) in [6, 6.07) is 16.6. The molecule has 1 aliphatic heterocycles. The molecule has 2 aromatic carbocycles. The number of anilines is 1. The monoisotopic (exact) mass is 479 g/mol. The van der Waals surface area contributed by atoms with Crippen LogP contribution in [0, 0.1) is 6.92 Å². The summed E-state index contributed by atoms with van der Waals surface area (Å²) in [5.74, 6) is 1.16. The van der Waals surface area contributed by atoms with Crippen molar-refractivity contribution in [3.05, 3.63) is 76.5 Å². The number of para-hydroxylation sites is 3. The molecule has 1 aliphatic rings. The summed E-state index contributed by atoms with van der Waals surface area (Å²) < 4.78 is 20.4. The molecular formula is C23H21N5O5S. The number of nitrogens with zero attached hydrogens (tertiary/aromatic N) is 4. The van der Waals surface area contributed by atoms with Crippen LogP contribution in [0.5, 0.6) is 11.5 Å². The summed E-state index contributed by atoms with van der Waals surface area (Å²) in [4.78, 5) is 25.5. The quantitative estimate of drug-likeness (QED) is 0.420. The number of thioether (sulfide) groups is 1. The van der Waals surface area contributed by atoms with E-state index < -0.39 is 6.10 Å². The van der Waals surface area contributed by atoms with Crippen LogP contribution in [0.3, 0.4) is 0 Å². The fraction of sp³-hybridized carbons (Fsp3) is 0.217. The highest BCUT2D eigenvalue weighted by Crippen LogP contribution is 2.35. The largest absolute Gasteiger partial charge is 0.485 e. The second-order valence-corrected chi connectivity index (χ2v) is 8.47. The third-order valence-electron chi connectivity index (χ3n) is 5.35. The van der Waals surface area contributed by atoms with Gasteiger partial charge in [-0.15, -0.1) is 10.2 Å². The van der Waals surface area contributed by atoms with Gasteiger partial charge in [0.2, 0.25) is 12.0 Å². The molecule has 1 unspecified atom stereocenters. The number of carbonyl (C=O) groups excluding carboxylic acids is 1. The van der Waals surface area contributed by atoms with Crippen LogP contribution in [0.25, 0.3) is 5.69 Å². The highest BCUT2D eigenvalue weighted by Gasteiger charge is 2.27. The van der Waals surface area contributed by atoms with Gasteiger partial charge < -0.3 is 19.2 Å². The first-order valence-corrected chi connectivity index (χ1v) is 11.5. The summed E-state index contributed by atoms with van der Waals surface area (Å²) in [5, 5.41) is 10.9. The van der Waals surface area contributed by atoms with Gasteiger partial charge in [-0.1, -0.05) is 42.1 Å². The summed E-state index contributed by atoms with van der Waals surface area (Å²) in [5.41, 5.74) is 1.28. The second-order valence-electron chi connectivity index (χ2n) is 7.54. The van der Waals surface area contributed by atoms with Crippen LogP contribution in [0.4, 0.5) is 5.69 Å². The van der Waals surface area contributed by atoms with Crippen molar-refractivity contribution < 1.29 is 18.7 Å². The van der Waals surface area contributed by atoms with Gasteiger partial charge in [0.15, 0.2) is 11.5 Å². The van der Waals surface area contributed by atoms with E-state index in [0.717, 1.165) is 11.8 Å². The molecule has 0 fully saturated rings. The minimum absolute atomic E-state index is 0.00833. The van der Waals surface area contributed by atoms with E-state index in [1.807, 2.05) is 48.5 Å². The van der Waals surface area contributed by atoms with E-state index in [1.165, 1.54) is 4.68 Å². The number of ether oxygens (including phenoxy) is 2. The van der Waals surface area contributed by atoms with E-state index in [4.69, 9.17) is 13.9 Å². The number of aromatic nitrogens is 4. The molecule has 0 saturated heterocycles. The third-order valence-corrected chi connectivity index (χ3v) is 6.17. The third kappa shape index (κ3) is 4.17. The molecule has 1 N–H and O–H groups in total. The first-order chi connectivity index (χ1) is 16.5. The number of carbonyl (C=O) groups is 1. The second kappa shape index (κ2) is 9.10. The van der Waals surface area contributed by atoms with Gasteiger partial charge in [-0.05, 0) is 31.2 Å². The lowest BCUT2D eigenvalue weighted by Crippen LogP contribution is -2.23. The summed E-state index contributed by atoms with van der Waals surface area (Å²) in [6.45, 7) is 2.02. The van der Waals surface area contributed by atoms with Gasteiger partial charge in [0.25, 0.3) is 16.7 Å². The van der Waals surface area contributed by atoms with Gasteiger partial charge in [0.1, 0.15) is 12.3 Å². The molecule has 4 aromatic rings. The number of hydrogen-bond donors (Lipinski definition) is 1. The van der Waals surface area contributed by atoms with E-state index in [2.05, 4.69) is 15.5 Å². The predicted octanol–water partition coefficient (Wildman–Crippen LogP) is 3.11. The van der Waals surface area contributed by atoms with Gasteiger partial charge in [-0.3, -0.25) is 14.3 Å². The maximum absolute atomic E-state index is 12.9. The average molecular weight is 480 g/mol. The number of amides is 1. The van der Waals surface area contributed by atoms with Crippen LogP contribution in [-0.2, 0) is 11.8 Å². The van der Waals surface area contributed by atoms with E-state index in [0.29, 0.717) is 22.9 Å². The molecule has 0 bridgehead atoms. The minimum atomic E-state index is -0.533. The van der Waals surface area contributed by atoms with Crippen molar-refractivity contribution in [2.24, 2.45) is 7.05 Å². The van der Waals surface area contributed by atoms with Gasteiger partial charge in [0.05, 0.1) is 17.1 Å². The van der Waals surface area contributed by atoms with Crippen molar-refractivity contribution in [3.8, 4) is 17.2 Å². The van der Waals surface area contributed by atoms with Crippen molar-refractivity contribution in [3.63, 3.8) is 0 Å². The molecule has 0 spiro atoms. The zero-order valence-corrected chi connectivity index (χ0v) is 19.2. The minimum Gasteiger partial charge on any atom is -0.485 e. The zero-order valence-electron chi connectivity index (χ0n) is 18.4. The molecule has 5 rings (SSSR count). The Labute approximate surface area is 198 Å². The molecule has 10 nitrogen and oxygen atoms in total. The Morgan fingerprint density at radius 2 is 1.85 bits per heavy atom. The SMILES string of the molecule is Cc1c(NC(=O)CSc2nnc(C3COc4ccccc4O3)o2)c(=O)n(-c2ccccc2)n1C. The molecular weight excluding hydrogens is 458 g/mol. The molecule has 11 heteroatoms. The van der Waals surface area contributed by atoms with E-state index in [-0.39, 0.29) is 40.6 Å². The van der Waals surface area contributed by atoms with Gasteiger partial charge in [0, 0.05) is 7.05 Å². The van der Waals surface area contributed by atoms with E-state index >= 15 is 0 Å². The fourth-order valence-electron chi connectivity index (χ4n) is 3.57. The van der Waals surface area contributed by atoms with Crippen LogP contribution < -0.4 is 20.3 Å². The molecule has 0 aliphatic carbocycles. The number of rotatable bonds is 6. The van der Waals surface area contributed by atoms with Gasteiger partial charge >= 0.3 is 0 Å². The summed E-state index contributed by atoms with van der Waals surface area (Å²) >= 11 is 1.07. The number of nitrogens with one attached hydrogen (secondary N) is 1. The number of hydrogen-bond acceptors (Lipinski definition) is 8. The molecule has 34 heavy (non-hydrogen) atoms. The maximum atomic E-state index is 12.9. The molecule has 0 radical (unpaired) electrons. The number of benzene rings is 2. The predicted molar refractivity (Wildman–Crippen MR) is 125 cm³/mol. The highest BCUT2D eigenvalue weighted by molar-refractivity contribution is 7.99. The topological polar surface area (TPSA) is 113 Å². The lowest BCUT2D eigenvalue weighted by Gasteiger charge is -2.23. The molecule has 174 valence electrons. The zero-order chi connectivity index (χ0) is 23.7. The number of fused-ring (bicyclic) bond motifs is 1. The van der Waals surface area contributed by atoms with Crippen molar-refractivity contribution in [1.82, 2.24) is 19.6 Å². The Morgan fingerprint density at radius 3 is 2.65 bits per heavy atom. The highest BCUT2D eigenvalue weighted by atomic mass is 32.2. The van der Waals surface area contributed by atoms with Crippen molar-refractivity contribution >= 4 is 23.4 Å². The van der Waals surface area contributed by atoms with Crippen LogP contribution in [0.1, 0.15) is 17.7 Å². The van der Waals surface area contributed by atoms with E-state index in [9.17, 15) is 9.59 Å². The van der Waals surface area contributed by atoms with Crippen molar-refractivity contribution in [1.29, 1.82) is 0 Å². The molecule has 2 aromatic heterocycles. The molecule has 3 heterocycles. The van der Waals surface area contributed by atoms with Crippen LogP contribution in [0.15, 0.2) is 69.0 Å². The lowest BCUT2D eigenvalue weighted by molar-refractivity contribution is -0.113. The van der Waals surface area contributed by atoms with E-state index in [1.54, 1.807) is 24.7 Å².